The number of nitrogens with zero attached hydrogens (tertiary/aromatic N) is 2. The molecule has 1 atom stereocenters. The zero-order valence-corrected chi connectivity index (χ0v) is 11.4. The van der Waals surface area contributed by atoms with E-state index < -0.39 is 0 Å². The number of fused-ring (bicyclic) bond motifs is 1. The fraction of sp³-hybridized carbons (Fsp3) is 0.538. The SMILES string of the molecule is Cc1cc2c(NCC[C@H]3CCCN3)ncnc2s1. The molecular weight excluding hydrogens is 244 g/mol. The molecule has 0 bridgehead atoms. The van der Waals surface area contributed by atoms with E-state index in [1.54, 1.807) is 17.7 Å². The van der Waals surface area contributed by atoms with Gasteiger partial charge < -0.3 is 10.6 Å². The number of hydrogen-bond acceptors (Lipinski definition) is 5. The monoisotopic (exact) mass is 262 g/mol. The van der Waals surface area contributed by atoms with Crippen LogP contribution in [-0.2, 0) is 0 Å². The van der Waals surface area contributed by atoms with Crippen LogP contribution in [0.5, 0.6) is 0 Å². The first-order valence-electron chi connectivity index (χ1n) is 6.51. The second kappa shape index (κ2) is 5.20. The molecule has 2 aromatic heterocycles. The molecule has 0 aromatic carbocycles. The molecule has 0 aliphatic carbocycles. The summed E-state index contributed by atoms with van der Waals surface area (Å²) in [6, 6.07) is 2.84. The second-order valence-corrected chi connectivity index (χ2v) is 6.04. The Kier molecular flexibility index (Phi) is 3.43. The van der Waals surface area contributed by atoms with Gasteiger partial charge in [-0.15, -0.1) is 11.3 Å². The van der Waals surface area contributed by atoms with Crippen LogP contribution in [-0.4, -0.2) is 29.1 Å². The molecule has 1 saturated heterocycles. The predicted octanol–water partition coefficient (Wildman–Crippen LogP) is 2.55. The number of aryl methyl sites for hydroxylation is 1. The van der Waals surface area contributed by atoms with Crippen molar-refractivity contribution >= 4 is 27.4 Å². The van der Waals surface area contributed by atoms with E-state index in [1.807, 2.05) is 0 Å². The molecule has 1 fully saturated rings. The Morgan fingerprint density at radius 3 is 3.28 bits per heavy atom. The van der Waals surface area contributed by atoms with Gasteiger partial charge in [-0.05, 0) is 38.8 Å². The molecule has 3 rings (SSSR count). The third kappa shape index (κ3) is 2.47. The number of nitrogens with one attached hydrogen (secondary N) is 2. The van der Waals surface area contributed by atoms with Gasteiger partial charge in [0.05, 0.1) is 5.39 Å². The van der Waals surface area contributed by atoms with Crippen LogP contribution in [0.2, 0.25) is 0 Å². The average Bonchev–Trinajstić information content (AvgIpc) is 2.97. The zero-order chi connectivity index (χ0) is 12.4. The molecule has 2 aromatic rings. The fourth-order valence-electron chi connectivity index (χ4n) is 2.48. The van der Waals surface area contributed by atoms with Gasteiger partial charge in [0.2, 0.25) is 0 Å². The molecule has 96 valence electrons. The molecule has 0 radical (unpaired) electrons. The van der Waals surface area contributed by atoms with Crippen molar-refractivity contribution in [2.75, 3.05) is 18.4 Å². The maximum absolute atomic E-state index is 4.35. The normalized spacial score (nSPS) is 19.5. The lowest BCUT2D eigenvalue weighted by molar-refractivity contribution is 0.574. The van der Waals surface area contributed by atoms with Crippen LogP contribution in [0.1, 0.15) is 24.1 Å². The Morgan fingerprint density at radius 2 is 2.44 bits per heavy atom. The molecule has 0 saturated carbocycles. The highest BCUT2D eigenvalue weighted by molar-refractivity contribution is 7.18. The van der Waals surface area contributed by atoms with E-state index >= 15 is 0 Å². The molecule has 0 spiro atoms. The summed E-state index contributed by atoms with van der Waals surface area (Å²) in [5, 5.41) is 8.11. The quantitative estimate of drug-likeness (QED) is 0.889. The summed E-state index contributed by atoms with van der Waals surface area (Å²) in [5.41, 5.74) is 0. The number of thiophene rings is 1. The van der Waals surface area contributed by atoms with Gasteiger partial charge in [0.15, 0.2) is 0 Å². The first-order chi connectivity index (χ1) is 8.83. The van der Waals surface area contributed by atoms with E-state index in [9.17, 15) is 0 Å². The molecule has 3 heterocycles. The molecule has 0 unspecified atom stereocenters. The highest BCUT2D eigenvalue weighted by Crippen LogP contribution is 2.27. The number of anilines is 1. The second-order valence-electron chi connectivity index (χ2n) is 4.81. The standard InChI is InChI=1S/C13H18N4S/c1-9-7-11-12(16-8-17-13(11)18-9)15-6-4-10-3-2-5-14-10/h7-8,10,14H,2-6H2,1H3,(H,15,16,17)/t10-/m1/s1. The smallest absolute Gasteiger partial charge is 0.138 e. The maximum Gasteiger partial charge on any atom is 0.138 e. The molecule has 2 N–H and O–H groups in total. The van der Waals surface area contributed by atoms with Gasteiger partial charge in [0, 0.05) is 17.5 Å². The van der Waals surface area contributed by atoms with Gasteiger partial charge in [-0.3, -0.25) is 0 Å². The van der Waals surface area contributed by atoms with Crippen molar-refractivity contribution < 1.29 is 0 Å². The summed E-state index contributed by atoms with van der Waals surface area (Å²) in [4.78, 5) is 11.0. The van der Waals surface area contributed by atoms with Gasteiger partial charge in [-0.1, -0.05) is 0 Å². The van der Waals surface area contributed by atoms with Crippen LogP contribution < -0.4 is 10.6 Å². The Labute approximate surface area is 111 Å². The highest BCUT2D eigenvalue weighted by Gasteiger charge is 2.13. The molecule has 18 heavy (non-hydrogen) atoms. The summed E-state index contributed by atoms with van der Waals surface area (Å²) >= 11 is 1.72. The predicted molar refractivity (Wildman–Crippen MR) is 76.3 cm³/mol. The minimum Gasteiger partial charge on any atom is -0.369 e. The lowest BCUT2D eigenvalue weighted by Crippen LogP contribution is -2.24. The summed E-state index contributed by atoms with van der Waals surface area (Å²) < 4.78 is 0. The van der Waals surface area contributed by atoms with Crippen LogP contribution in [0.3, 0.4) is 0 Å². The van der Waals surface area contributed by atoms with Gasteiger partial charge >= 0.3 is 0 Å². The van der Waals surface area contributed by atoms with Gasteiger partial charge in [-0.25, -0.2) is 9.97 Å². The van der Waals surface area contributed by atoms with Crippen LogP contribution in [0, 0.1) is 6.92 Å². The average molecular weight is 262 g/mol. The third-order valence-electron chi connectivity index (χ3n) is 3.40. The topological polar surface area (TPSA) is 49.8 Å². The van der Waals surface area contributed by atoms with E-state index in [-0.39, 0.29) is 0 Å². The van der Waals surface area contributed by atoms with Crippen LogP contribution in [0.15, 0.2) is 12.4 Å². The Bertz CT molecular complexity index is 531. The van der Waals surface area contributed by atoms with Crippen LogP contribution in [0.4, 0.5) is 5.82 Å². The number of hydrogen-bond donors (Lipinski definition) is 2. The molecular formula is C13H18N4S. The molecule has 4 nitrogen and oxygen atoms in total. The summed E-state index contributed by atoms with van der Waals surface area (Å²) in [6.07, 6.45) is 5.42. The van der Waals surface area contributed by atoms with Crippen molar-refractivity contribution in [3.63, 3.8) is 0 Å². The van der Waals surface area contributed by atoms with Crippen LogP contribution in [0.25, 0.3) is 10.2 Å². The van der Waals surface area contributed by atoms with E-state index in [0.29, 0.717) is 6.04 Å². The summed E-state index contributed by atoms with van der Waals surface area (Å²) in [5.74, 6) is 0.974. The van der Waals surface area contributed by atoms with Crippen molar-refractivity contribution in [3.05, 3.63) is 17.3 Å². The zero-order valence-electron chi connectivity index (χ0n) is 10.6. The largest absolute Gasteiger partial charge is 0.369 e. The van der Waals surface area contributed by atoms with Gasteiger partial charge in [-0.2, -0.15) is 0 Å². The maximum atomic E-state index is 4.35. The Hall–Kier alpha value is -1.20. The van der Waals surface area contributed by atoms with E-state index in [2.05, 4.69) is 33.6 Å². The first kappa shape index (κ1) is 11.9. The molecule has 1 aliphatic rings. The Morgan fingerprint density at radius 1 is 1.50 bits per heavy atom. The molecule has 5 heteroatoms. The summed E-state index contributed by atoms with van der Waals surface area (Å²) in [7, 11) is 0. The number of rotatable bonds is 4. The van der Waals surface area contributed by atoms with Crippen molar-refractivity contribution in [3.8, 4) is 0 Å². The summed E-state index contributed by atoms with van der Waals surface area (Å²) in [6.45, 7) is 4.25. The van der Waals surface area contributed by atoms with Gasteiger partial charge in [0.1, 0.15) is 17.0 Å². The lowest BCUT2D eigenvalue weighted by atomic mass is 10.1. The van der Waals surface area contributed by atoms with Gasteiger partial charge in [0.25, 0.3) is 0 Å². The number of aromatic nitrogens is 2. The van der Waals surface area contributed by atoms with E-state index in [0.717, 1.165) is 29.0 Å². The van der Waals surface area contributed by atoms with E-state index in [4.69, 9.17) is 0 Å². The highest BCUT2D eigenvalue weighted by atomic mass is 32.1. The molecule has 0 amide bonds. The first-order valence-corrected chi connectivity index (χ1v) is 7.33. The lowest BCUT2D eigenvalue weighted by Gasteiger charge is -2.11. The van der Waals surface area contributed by atoms with Crippen molar-refractivity contribution in [2.45, 2.75) is 32.2 Å². The van der Waals surface area contributed by atoms with E-state index in [1.165, 1.54) is 24.3 Å². The minimum atomic E-state index is 0.680. The molecule has 1 aliphatic heterocycles. The van der Waals surface area contributed by atoms with Crippen molar-refractivity contribution in [1.82, 2.24) is 15.3 Å². The van der Waals surface area contributed by atoms with Crippen molar-refractivity contribution in [2.24, 2.45) is 0 Å². The van der Waals surface area contributed by atoms with Crippen molar-refractivity contribution in [1.29, 1.82) is 0 Å². The van der Waals surface area contributed by atoms with Crippen LogP contribution >= 0.6 is 11.3 Å². The minimum absolute atomic E-state index is 0.680. The fourth-order valence-corrected chi connectivity index (χ4v) is 3.33. The Balaban J connectivity index is 1.66. The third-order valence-corrected chi connectivity index (χ3v) is 4.36.